The molecule has 1 aliphatic heterocycles. The van der Waals surface area contributed by atoms with Crippen molar-refractivity contribution in [1.29, 1.82) is 0 Å². The number of nitrogens with zero attached hydrogens (tertiary/aromatic N) is 1. The van der Waals surface area contributed by atoms with Gasteiger partial charge in [0.05, 0.1) is 12.5 Å². The summed E-state index contributed by atoms with van der Waals surface area (Å²) in [4.78, 5) is 36.4. The van der Waals surface area contributed by atoms with Gasteiger partial charge in [-0.1, -0.05) is 30.3 Å². The first kappa shape index (κ1) is 16.0. The molecule has 1 unspecified atom stereocenters. The molecule has 6 nitrogen and oxygen atoms in total. The Kier molecular flexibility index (Phi) is 5.14. The third kappa shape index (κ3) is 3.84. The van der Waals surface area contributed by atoms with Gasteiger partial charge in [-0.15, -0.1) is 0 Å². The number of carbonyl (C=O) groups excluding carboxylic acids is 2. The van der Waals surface area contributed by atoms with E-state index in [1.807, 2.05) is 30.3 Å². The Morgan fingerprint density at radius 2 is 2.00 bits per heavy atom. The maximum Gasteiger partial charge on any atom is 0.326 e. The maximum absolute atomic E-state index is 12.4. The van der Waals surface area contributed by atoms with E-state index in [0.29, 0.717) is 19.4 Å². The molecule has 1 aromatic rings. The van der Waals surface area contributed by atoms with Crippen molar-refractivity contribution in [3.63, 3.8) is 0 Å². The summed E-state index contributed by atoms with van der Waals surface area (Å²) in [6.45, 7) is 1.85. The van der Waals surface area contributed by atoms with Crippen LogP contribution in [0.2, 0.25) is 0 Å². The predicted octanol–water partition coefficient (Wildman–Crippen LogP) is 1.33. The van der Waals surface area contributed by atoms with E-state index in [4.69, 9.17) is 5.11 Å². The van der Waals surface area contributed by atoms with E-state index < -0.39 is 18.1 Å². The van der Waals surface area contributed by atoms with Gasteiger partial charge in [-0.05, 0) is 18.4 Å². The van der Waals surface area contributed by atoms with E-state index in [0.717, 1.165) is 5.56 Å². The van der Waals surface area contributed by atoms with Crippen LogP contribution >= 0.6 is 0 Å². The summed E-state index contributed by atoms with van der Waals surface area (Å²) in [6, 6.07) is 8.02. The van der Waals surface area contributed by atoms with Crippen LogP contribution < -0.4 is 5.32 Å². The number of amides is 2. The Bertz CT molecular complexity index is 559. The molecule has 0 aromatic heterocycles. The van der Waals surface area contributed by atoms with Gasteiger partial charge in [-0.2, -0.15) is 0 Å². The molecule has 0 spiro atoms. The van der Waals surface area contributed by atoms with Crippen LogP contribution in [0.1, 0.15) is 37.8 Å². The molecule has 0 aliphatic carbocycles. The van der Waals surface area contributed by atoms with Gasteiger partial charge in [-0.3, -0.25) is 9.59 Å². The lowest BCUT2D eigenvalue weighted by Gasteiger charge is -2.25. The summed E-state index contributed by atoms with van der Waals surface area (Å²) >= 11 is 0. The number of carboxylic acid groups (broad SMARTS) is 1. The number of carboxylic acids is 1. The van der Waals surface area contributed by atoms with Gasteiger partial charge in [0, 0.05) is 13.5 Å². The zero-order valence-corrected chi connectivity index (χ0v) is 12.5. The number of hydrogen-bond acceptors (Lipinski definition) is 3. The minimum absolute atomic E-state index is 0.0629. The van der Waals surface area contributed by atoms with Crippen molar-refractivity contribution in [2.24, 2.45) is 0 Å². The van der Waals surface area contributed by atoms with Crippen LogP contribution in [0.15, 0.2) is 30.3 Å². The van der Waals surface area contributed by atoms with Crippen LogP contribution in [0.3, 0.4) is 0 Å². The highest BCUT2D eigenvalue weighted by Crippen LogP contribution is 2.23. The Morgan fingerprint density at radius 1 is 1.32 bits per heavy atom. The highest BCUT2D eigenvalue weighted by molar-refractivity contribution is 5.85. The Hall–Kier alpha value is -2.37. The van der Waals surface area contributed by atoms with Crippen LogP contribution in [0, 0.1) is 0 Å². The molecule has 0 saturated carbocycles. The molecule has 2 amide bonds. The quantitative estimate of drug-likeness (QED) is 0.859. The molecule has 2 rings (SSSR count). The first-order valence-corrected chi connectivity index (χ1v) is 7.33. The number of carbonyl (C=O) groups is 3. The predicted molar refractivity (Wildman–Crippen MR) is 80.0 cm³/mol. The van der Waals surface area contributed by atoms with E-state index in [9.17, 15) is 14.4 Å². The Balaban J connectivity index is 2.11. The van der Waals surface area contributed by atoms with Crippen molar-refractivity contribution in [3.8, 4) is 0 Å². The summed E-state index contributed by atoms with van der Waals surface area (Å²) in [5.41, 5.74) is 0.831. The molecule has 2 N–H and O–H groups in total. The van der Waals surface area contributed by atoms with Crippen molar-refractivity contribution in [2.75, 3.05) is 6.54 Å². The Labute approximate surface area is 129 Å². The molecule has 2 atom stereocenters. The molecule has 1 heterocycles. The average molecular weight is 304 g/mol. The molecule has 0 bridgehead atoms. The van der Waals surface area contributed by atoms with Crippen LogP contribution in [0.4, 0.5) is 0 Å². The topological polar surface area (TPSA) is 86.7 Å². The van der Waals surface area contributed by atoms with E-state index in [2.05, 4.69) is 5.32 Å². The van der Waals surface area contributed by atoms with Gasteiger partial charge in [0.1, 0.15) is 6.04 Å². The number of likely N-dealkylation sites (tertiary alicyclic amines) is 1. The summed E-state index contributed by atoms with van der Waals surface area (Å²) in [5.74, 6) is -1.44. The number of benzene rings is 1. The number of nitrogens with one attached hydrogen (secondary N) is 1. The number of rotatable bonds is 5. The van der Waals surface area contributed by atoms with Crippen LogP contribution in [0.5, 0.6) is 0 Å². The minimum Gasteiger partial charge on any atom is -0.480 e. The molecule has 1 fully saturated rings. The second-order valence-electron chi connectivity index (χ2n) is 5.45. The fraction of sp³-hybridized carbons (Fsp3) is 0.438. The number of aliphatic carboxylic acids is 1. The lowest BCUT2D eigenvalue weighted by Crippen LogP contribution is -2.42. The van der Waals surface area contributed by atoms with Crippen molar-refractivity contribution in [3.05, 3.63) is 35.9 Å². The smallest absolute Gasteiger partial charge is 0.326 e. The SMILES string of the molecule is CC(=O)NC(CC(=O)N1CCC[C@H]1C(=O)O)c1ccccc1. The van der Waals surface area contributed by atoms with Crippen LogP contribution in [-0.2, 0) is 14.4 Å². The molecule has 1 aliphatic rings. The molecule has 0 radical (unpaired) electrons. The maximum atomic E-state index is 12.4. The van der Waals surface area contributed by atoms with E-state index >= 15 is 0 Å². The lowest BCUT2D eigenvalue weighted by molar-refractivity contribution is -0.148. The fourth-order valence-corrected chi connectivity index (χ4v) is 2.80. The van der Waals surface area contributed by atoms with E-state index in [1.54, 1.807) is 0 Å². The molecule has 22 heavy (non-hydrogen) atoms. The van der Waals surface area contributed by atoms with Crippen molar-refractivity contribution >= 4 is 17.8 Å². The fourth-order valence-electron chi connectivity index (χ4n) is 2.80. The molecule has 6 heteroatoms. The first-order chi connectivity index (χ1) is 10.5. The third-order valence-corrected chi connectivity index (χ3v) is 3.82. The Morgan fingerprint density at radius 3 is 2.59 bits per heavy atom. The van der Waals surface area contributed by atoms with Gasteiger partial charge in [0.25, 0.3) is 0 Å². The van der Waals surface area contributed by atoms with Gasteiger partial charge in [-0.25, -0.2) is 4.79 Å². The summed E-state index contributed by atoms with van der Waals surface area (Å²) < 4.78 is 0. The highest BCUT2D eigenvalue weighted by atomic mass is 16.4. The largest absolute Gasteiger partial charge is 0.480 e. The summed E-state index contributed by atoms with van der Waals surface area (Å²) in [5, 5.41) is 11.9. The molecular weight excluding hydrogens is 284 g/mol. The highest BCUT2D eigenvalue weighted by Gasteiger charge is 2.34. The van der Waals surface area contributed by atoms with E-state index in [1.165, 1.54) is 11.8 Å². The van der Waals surface area contributed by atoms with Crippen molar-refractivity contribution in [1.82, 2.24) is 10.2 Å². The normalized spacial score (nSPS) is 18.8. The van der Waals surface area contributed by atoms with Crippen molar-refractivity contribution in [2.45, 2.75) is 38.3 Å². The average Bonchev–Trinajstić information content (AvgIpc) is 2.96. The lowest BCUT2D eigenvalue weighted by atomic mass is 10.0. The zero-order valence-electron chi connectivity index (χ0n) is 12.5. The molecular formula is C16H20N2O4. The van der Waals surface area contributed by atoms with Gasteiger partial charge >= 0.3 is 5.97 Å². The second kappa shape index (κ2) is 7.06. The third-order valence-electron chi connectivity index (χ3n) is 3.82. The molecule has 1 saturated heterocycles. The van der Waals surface area contributed by atoms with E-state index in [-0.39, 0.29) is 18.2 Å². The summed E-state index contributed by atoms with van der Waals surface area (Å²) in [7, 11) is 0. The minimum atomic E-state index is -0.971. The molecule has 118 valence electrons. The van der Waals surface area contributed by atoms with Gasteiger partial charge < -0.3 is 15.3 Å². The van der Waals surface area contributed by atoms with Crippen molar-refractivity contribution < 1.29 is 19.5 Å². The van der Waals surface area contributed by atoms with Crippen LogP contribution in [0.25, 0.3) is 0 Å². The summed E-state index contributed by atoms with van der Waals surface area (Å²) in [6.07, 6.45) is 1.24. The second-order valence-corrected chi connectivity index (χ2v) is 5.45. The zero-order chi connectivity index (χ0) is 16.1. The standard InChI is InChI=1S/C16H20N2O4/c1-11(19)17-13(12-6-3-2-4-7-12)10-15(20)18-9-5-8-14(18)16(21)22/h2-4,6-7,13-14H,5,8-10H2,1H3,(H,17,19)(H,21,22)/t13?,14-/m0/s1. The van der Waals surface area contributed by atoms with Crippen LogP contribution in [-0.4, -0.2) is 40.4 Å². The number of hydrogen-bond donors (Lipinski definition) is 2. The monoisotopic (exact) mass is 304 g/mol. The molecule has 1 aromatic carbocycles. The van der Waals surface area contributed by atoms with Gasteiger partial charge in [0.15, 0.2) is 0 Å². The van der Waals surface area contributed by atoms with Gasteiger partial charge in [0.2, 0.25) is 11.8 Å². The first-order valence-electron chi connectivity index (χ1n) is 7.33.